The number of aliphatic hydroxyl groups excluding tert-OH is 2. The van der Waals surface area contributed by atoms with E-state index in [4.69, 9.17) is 20.3 Å². The largest absolute Gasteiger partial charge is 0.481 e. The van der Waals surface area contributed by atoms with Crippen molar-refractivity contribution in [3.05, 3.63) is 35.9 Å². The highest BCUT2D eigenvalue weighted by molar-refractivity contribution is 6.52. The normalized spacial score (nSPS) is 32.0. The van der Waals surface area contributed by atoms with Crippen molar-refractivity contribution in [2.75, 3.05) is 13.3 Å². The van der Waals surface area contributed by atoms with Gasteiger partial charge < -0.3 is 39.9 Å². The molecule has 0 aromatic heterocycles. The molecule has 3 heterocycles. The van der Waals surface area contributed by atoms with Crippen LogP contribution in [0.1, 0.15) is 16.8 Å². The molecule has 1 aromatic rings. The van der Waals surface area contributed by atoms with Crippen LogP contribution < -0.4 is 5.73 Å². The molecule has 6 atom stereocenters. The summed E-state index contributed by atoms with van der Waals surface area (Å²) in [5.74, 6) is -6.66. The van der Waals surface area contributed by atoms with Crippen LogP contribution in [0.2, 0.25) is 0 Å². The lowest BCUT2D eigenvalue weighted by Crippen LogP contribution is -2.60. The van der Waals surface area contributed by atoms with Gasteiger partial charge in [-0.15, -0.1) is 0 Å². The Morgan fingerprint density at radius 3 is 2.56 bits per heavy atom. The van der Waals surface area contributed by atoms with Gasteiger partial charge in [-0.25, -0.2) is 14.8 Å². The Morgan fingerprint density at radius 2 is 1.94 bits per heavy atom. The zero-order valence-electron chi connectivity index (χ0n) is 18.5. The summed E-state index contributed by atoms with van der Waals surface area (Å²) in [5.41, 5.74) is 4.62. The number of carboxylic acid groups (broad SMARTS) is 2. The molecule has 7 N–H and O–H groups in total. The zero-order valence-corrected chi connectivity index (χ0v) is 18.5. The summed E-state index contributed by atoms with van der Waals surface area (Å²) in [6, 6.07) is 8.11. The maximum absolute atomic E-state index is 13.2. The Kier molecular flexibility index (Phi) is 6.70. The second-order valence-corrected chi connectivity index (χ2v) is 8.21. The quantitative estimate of drug-likeness (QED) is 0.149. The molecule has 4 rings (SSSR count). The average Bonchev–Trinajstić information content (AvgIpc) is 3.38. The number of benzene rings is 1. The molecule has 1 saturated heterocycles. The number of nitrogens with zero attached hydrogens (tertiary/aromatic N) is 4. The molecule has 15 heteroatoms. The van der Waals surface area contributed by atoms with E-state index >= 15 is 0 Å². The smallest absolute Gasteiger partial charge is 0.333 e. The summed E-state index contributed by atoms with van der Waals surface area (Å²) >= 11 is 0. The number of carbonyl (C=O) groups excluding carboxylic acids is 1. The van der Waals surface area contributed by atoms with Crippen LogP contribution in [-0.4, -0.2) is 115 Å². The molecule has 0 bridgehead atoms. The summed E-state index contributed by atoms with van der Waals surface area (Å²) < 4.78 is 10.6. The molecule has 0 aliphatic carbocycles. The van der Waals surface area contributed by atoms with Crippen LogP contribution >= 0.6 is 0 Å². The first kappa shape index (κ1) is 25.5. The van der Waals surface area contributed by atoms with Crippen LogP contribution in [0.25, 0.3) is 0 Å². The number of amidine groups is 1. The second kappa shape index (κ2) is 9.45. The topological polar surface area (TPSA) is 237 Å². The van der Waals surface area contributed by atoms with E-state index in [0.29, 0.717) is 0 Å². The van der Waals surface area contributed by atoms with Gasteiger partial charge in [0.1, 0.15) is 24.8 Å². The van der Waals surface area contributed by atoms with Gasteiger partial charge in [-0.05, 0) is 0 Å². The maximum Gasteiger partial charge on any atom is 0.333 e. The number of ether oxygens (including phenoxy) is 2. The van der Waals surface area contributed by atoms with Gasteiger partial charge in [0.2, 0.25) is 17.2 Å². The van der Waals surface area contributed by atoms with Crippen molar-refractivity contribution in [2.24, 2.45) is 20.7 Å². The van der Waals surface area contributed by atoms with Gasteiger partial charge in [-0.2, -0.15) is 0 Å². The van der Waals surface area contributed by atoms with Gasteiger partial charge in [-0.3, -0.25) is 20.3 Å². The van der Waals surface area contributed by atoms with E-state index in [9.17, 15) is 34.8 Å². The van der Waals surface area contributed by atoms with Gasteiger partial charge >= 0.3 is 11.9 Å². The summed E-state index contributed by atoms with van der Waals surface area (Å²) in [7, 11) is 0. The van der Waals surface area contributed by atoms with Crippen molar-refractivity contribution in [3.63, 3.8) is 0 Å². The van der Waals surface area contributed by atoms with Crippen molar-refractivity contribution in [1.29, 1.82) is 0 Å². The van der Waals surface area contributed by atoms with Gasteiger partial charge in [0, 0.05) is 5.56 Å². The van der Waals surface area contributed by atoms with Gasteiger partial charge in [-0.1, -0.05) is 30.3 Å². The monoisotopic (exact) mass is 505 g/mol. The van der Waals surface area contributed by atoms with Crippen LogP contribution in [0.5, 0.6) is 0 Å². The van der Waals surface area contributed by atoms with E-state index < -0.39 is 66.7 Å². The lowest BCUT2D eigenvalue weighted by molar-refractivity contribution is -0.284. The molecule has 0 saturated carbocycles. The van der Waals surface area contributed by atoms with Gasteiger partial charge in [0.15, 0.2) is 24.3 Å². The third-order valence-electron chi connectivity index (χ3n) is 5.95. The number of aliphatic imine (C=N–C) groups is 3. The van der Waals surface area contributed by atoms with Crippen molar-refractivity contribution in [3.8, 4) is 0 Å². The molecular weight excluding hydrogens is 482 g/mol. The van der Waals surface area contributed by atoms with Crippen molar-refractivity contribution >= 4 is 35.6 Å². The van der Waals surface area contributed by atoms with Crippen LogP contribution in [0, 0.1) is 0 Å². The molecule has 1 fully saturated rings. The molecule has 2 unspecified atom stereocenters. The molecule has 3 aliphatic rings. The highest BCUT2D eigenvalue weighted by atomic mass is 16.7. The molecule has 15 nitrogen and oxygen atoms in total. The Balaban J connectivity index is 1.60. The van der Waals surface area contributed by atoms with E-state index in [2.05, 4.69) is 15.0 Å². The Labute approximate surface area is 202 Å². The molecule has 0 amide bonds. The van der Waals surface area contributed by atoms with E-state index in [-0.39, 0.29) is 23.8 Å². The minimum Gasteiger partial charge on any atom is -0.481 e. The summed E-state index contributed by atoms with van der Waals surface area (Å²) in [6.07, 6.45) is -7.28. The molecule has 3 aliphatic heterocycles. The van der Waals surface area contributed by atoms with Crippen LogP contribution in [-0.2, 0) is 19.1 Å². The first-order valence-corrected chi connectivity index (χ1v) is 10.6. The van der Waals surface area contributed by atoms with E-state index in [1.807, 2.05) is 0 Å². The third kappa shape index (κ3) is 4.17. The number of fused-ring (bicyclic) bond motifs is 1. The number of carboxylic acids is 2. The number of aliphatic hydroxyl groups is 3. The van der Waals surface area contributed by atoms with Crippen LogP contribution in [0.3, 0.4) is 0 Å². The second-order valence-electron chi connectivity index (χ2n) is 8.21. The number of ketones is 1. The highest BCUT2D eigenvalue weighted by Gasteiger charge is 2.61. The zero-order chi connectivity index (χ0) is 26.3. The minimum absolute atomic E-state index is 0.0120. The predicted octanol–water partition coefficient (Wildman–Crippen LogP) is -2.61. The van der Waals surface area contributed by atoms with Crippen molar-refractivity contribution in [2.45, 2.75) is 42.4 Å². The fourth-order valence-corrected chi connectivity index (χ4v) is 4.12. The van der Waals surface area contributed by atoms with Crippen molar-refractivity contribution < 1.29 is 49.4 Å². The van der Waals surface area contributed by atoms with E-state index in [1.165, 1.54) is 4.90 Å². The summed E-state index contributed by atoms with van der Waals surface area (Å²) in [6.45, 7) is -1.18. The first-order valence-electron chi connectivity index (χ1n) is 10.6. The lowest BCUT2D eigenvalue weighted by atomic mass is 9.93. The molecule has 0 radical (unpaired) electrons. The van der Waals surface area contributed by atoms with Crippen molar-refractivity contribution in [1.82, 2.24) is 4.90 Å². The van der Waals surface area contributed by atoms with Crippen LogP contribution in [0.15, 0.2) is 45.3 Å². The Bertz CT molecular complexity index is 1160. The molecule has 0 spiro atoms. The number of Topliss-reactive ketones (excluding diaryl/α,β-unsaturated/α-hetero) is 1. The number of nitrogens with two attached hydrogens (primary N) is 1. The predicted molar refractivity (Wildman–Crippen MR) is 119 cm³/mol. The van der Waals surface area contributed by atoms with E-state index in [0.717, 1.165) is 6.34 Å². The lowest BCUT2D eigenvalue weighted by Gasteiger charge is -2.34. The number of hydrogen-bond acceptors (Lipinski definition) is 13. The Hall–Kier alpha value is -3.60. The third-order valence-corrected chi connectivity index (χ3v) is 5.95. The van der Waals surface area contributed by atoms with Gasteiger partial charge in [0.05, 0.1) is 13.0 Å². The number of hydrogen-bond donors (Lipinski definition) is 6. The summed E-state index contributed by atoms with van der Waals surface area (Å²) in [4.78, 5) is 49.2. The number of carbonyl (C=O) groups is 3. The summed E-state index contributed by atoms with van der Waals surface area (Å²) in [5, 5.41) is 49.9. The highest BCUT2D eigenvalue weighted by Crippen LogP contribution is 2.37. The SMILES string of the molecule is NC1(C(=O)c2ccccc2)N=CN=C2C1=NCN2[C@@H]1O[C@H](CO)[C@](O)(OC(CC(=O)O)C(=O)O)[C@H]1O. The fourth-order valence-electron chi connectivity index (χ4n) is 4.12. The van der Waals surface area contributed by atoms with E-state index in [1.54, 1.807) is 30.3 Å². The fraction of sp³-hybridized carbons (Fsp3) is 0.429. The minimum atomic E-state index is -2.82. The van der Waals surface area contributed by atoms with Crippen LogP contribution in [0.4, 0.5) is 0 Å². The first-order chi connectivity index (χ1) is 17.0. The maximum atomic E-state index is 13.2. The molecule has 1 aromatic carbocycles. The number of aliphatic carboxylic acids is 2. The molecule has 36 heavy (non-hydrogen) atoms. The Morgan fingerprint density at radius 1 is 1.25 bits per heavy atom. The standard InChI is InChI=1S/C21H23N5O10/c22-20(15(30)10-4-2-1-3-5-10)14-17(23-8-25-20)26(9-24-14)18-16(31)21(34,12(7-27)35-18)36-11(19(32)33)6-13(28)29/h1-5,8,11-12,16,18,27,31,34H,6-7,9,22H2,(H,28,29)(H,32,33)/t11?,12-,16+,18-,20?,21+/m1/s1. The van der Waals surface area contributed by atoms with Gasteiger partial charge in [0.25, 0.3) is 0 Å². The number of rotatable bonds is 9. The molecule has 192 valence electrons. The molecular formula is C21H23N5O10. The average molecular weight is 505 g/mol.